The Morgan fingerprint density at radius 3 is 2.87 bits per heavy atom. The van der Waals surface area contributed by atoms with Crippen molar-refractivity contribution in [3.05, 3.63) is 46.5 Å². The van der Waals surface area contributed by atoms with Gasteiger partial charge in [-0.25, -0.2) is 0 Å². The van der Waals surface area contributed by atoms with Gasteiger partial charge in [-0.3, -0.25) is 14.9 Å². The molecule has 0 saturated carbocycles. The van der Waals surface area contributed by atoms with Gasteiger partial charge in [0, 0.05) is 17.8 Å². The molecule has 0 spiro atoms. The van der Waals surface area contributed by atoms with E-state index in [0.717, 1.165) is 0 Å². The normalized spacial score (nSPS) is 10.2. The maximum atomic E-state index is 11.1. The summed E-state index contributed by atoms with van der Waals surface area (Å²) in [6.07, 6.45) is 2.94. The number of hydrogen-bond acceptors (Lipinski definition) is 3. The Morgan fingerprint density at radius 1 is 1.53 bits per heavy atom. The van der Waals surface area contributed by atoms with Gasteiger partial charge in [-0.1, -0.05) is 12.1 Å². The number of allylic oxidation sites excluding steroid dienone is 1. The highest BCUT2D eigenvalue weighted by atomic mass is 16.6. The van der Waals surface area contributed by atoms with Gasteiger partial charge in [0.15, 0.2) is 0 Å². The molecule has 0 aliphatic heterocycles. The van der Waals surface area contributed by atoms with Crippen molar-refractivity contribution >= 4 is 17.3 Å². The van der Waals surface area contributed by atoms with Gasteiger partial charge in [0.05, 0.1) is 4.92 Å². The first-order valence-electron chi connectivity index (χ1n) is 4.31. The molecular weight excluding hydrogens is 196 g/mol. The molecule has 5 nitrogen and oxygen atoms in total. The van der Waals surface area contributed by atoms with Crippen molar-refractivity contribution in [1.82, 2.24) is 0 Å². The topological polar surface area (TPSA) is 72.2 Å². The second-order valence-electron chi connectivity index (χ2n) is 2.80. The summed E-state index contributed by atoms with van der Waals surface area (Å²) in [7, 11) is 0. The lowest BCUT2D eigenvalue weighted by Gasteiger charge is -2.00. The first kappa shape index (κ1) is 10.9. The highest BCUT2D eigenvalue weighted by Crippen LogP contribution is 2.16. The highest BCUT2D eigenvalue weighted by molar-refractivity contribution is 5.99. The van der Waals surface area contributed by atoms with Crippen LogP contribution in [0.5, 0.6) is 0 Å². The summed E-state index contributed by atoms with van der Waals surface area (Å²) in [5.74, 6) is -0.307. The predicted octanol–water partition coefficient (Wildman–Crippen LogP) is 2.11. The van der Waals surface area contributed by atoms with Crippen molar-refractivity contribution in [3.8, 4) is 0 Å². The van der Waals surface area contributed by atoms with Gasteiger partial charge in [0.1, 0.15) is 0 Å². The number of nitrogens with zero attached hydrogens (tertiary/aromatic N) is 1. The van der Waals surface area contributed by atoms with Crippen LogP contribution in [-0.4, -0.2) is 10.8 Å². The molecule has 1 aromatic carbocycles. The molecule has 5 heteroatoms. The van der Waals surface area contributed by atoms with Gasteiger partial charge in [-0.15, -0.1) is 0 Å². The maximum absolute atomic E-state index is 11.1. The number of benzene rings is 1. The number of amides is 1. The third kappa shape index (κ3) is 3.22. The largest absolute Gasteiger partial charge is 0.322 e. The summed E-state index contributed by atoms with van der Waals surface area (Å²) in [6, 6.07) is 5.78. The summed E-state index contributed by atoms with van der Waals surface area (Å²) in [5.41, 5.74) is 0.362. The van der Waals surface area contributed by atoms with Crippen LogP contribution in [0, 0.1) is 10.1 Å². The minimum Gasteiger partial charge on any atom is -0.322 e. The van der Waals surface area contributed by atoms with Gasteiger partial charge >= 0.3 is 0 Å². The van der Waals surface area contributed by atoms with Crippen molar-refractivity contribution in [2.75, 3.05) is 5.32 Å². The first-order chi connectivity index (χ1) is 7.13. The Kier molecular flexibility index (Phi) is 3.56. The van der Waals surface area contributed by atoms with E-state index in [0.29, 0.717) is 5.69 Å². The zero-order valence-corrected chi connectivity index (χ0v) is 8.14. The summed E-state index contributed by atoms with van der Waals surface area (Å²) in [4.78, 5) is 21.1. The van der Waals surface area contributed by atoms with Crippen molar-refractivity contribution in [3.63, 3.8) is 0 Å². The Bertz CT molecular complexity index is 413. The molecule has 0 fully saturated rings. The molecule has 0 aliphatic rings. The van der Waals surface area contributed by atoms with E-state index < -0.39 is 4.92 Å². The summed E-state index contributed by atoms with van der Waals surface area (Å²) >= 11 is 0. The van der Waals surface area contributed by atoms with Crippen LogP contribution in [0.2, 0.25) is 0 Å². The van der Waals surface area contributed by atoms with Crippen LogP contribution in [0.1, 0.15) is 6.92 Å². The van der Waals surface area contributed by atoms with Crippen LogP contribution < -0.4 is 5.32 Å². The first-order valence-corrected chi connectivity index (χ1v) is 4.31. The van der Waals surface area contributed by atoms with Crippen molar-refractivity contribution in [2.45, 2.75) is 6.92 Å². The molecule has 0 aromatic heterocycles. The van der Waals surface area contributed by atoms with Crippen LogP contribution in [-0.2, 0) is 4.79 Å². The van der Waals surface area contributed by atoms with E-state index in [9.17, 15) is 14.9 Å². The summed E-state index contributed by atoms with van der Waals surface area (Å²) in [5, 5.41) is 13.0. The Balaban J connectivity index is 2.82. The number of anilines is 1. The third-order valence-electron chi connectivity index (χ3n) is 1.64. The predicted molar refractivity (Wildman–Crippen MR) is 56.5 cm³/mol. The molecule has 0 saturated heterocycles. The Labute approximate surface area is 86.6 Å². The average molecular weight is 206 g/mol. The fourth-order valence-electron chi connectivity index (χ4n) is 1.03. The van der Waals surface area contributed by atoms with Gasteiger partial charge in [0.2, 0.25) is 5.91 Å². The molecule has 0 atom stereocenters. The molecule has 1 aromatic rings. The van der Waals surface area contributed by atoms with Gasteiger partial charge < -0.3 is 5.32 Å². The number of non-ortho nitro benzene ring substituents is 1. The molecule has 0 radical (unpaired) electrons. The SMILES string of the molecule is CC=CC(=O)Nc1cccc([N+](=O)[O-])c1. The zero-order valence-electron chi connectivity index (χ0n) is 8.14. The zero-order chi connectivity index (χ0) is 11.3. The lowest BCUT2D eigenvalue weighted by Crippen LogP contribution is -2.07. The van der Waals surface area contributed by atoms with Crippen LogP contribution in [0.25, 0.3) is 0 Å². The Hall–Kier alpha value is -2.17. The van der Waals surface area contributed by atoms with Crippen molar-refractivity contribution in [2.24, 2.45) is 0 Å². The highest BCUT2D eigenvalue weighted by Gasteiger charge is 2.06. The maximum Gasteiger partial charge on any atom is 0.271 e. The molecule has 1 N–H and O–H groups in total. The average Bonchev–Trinajstić information content (AvgIpc) is 2.18. The standard InChI is InChI=1S/C10H10N2O3/c1-2-4-10(13)11-8-5-3-6-9(7-8)12(14)15/h2-7H,1H3,(H,11,13). The molecule has 78 valence electrons. The number of nitro groups is 1. The van der Waals surface area contributed by atoms with Crippen LogP contribution in [0.4, 0.5) is 11.4 Å². The van der Waals surface area contributed by atoms with E-state index in [1.807, 2.05) is 0 Å². The van der Waals surface area contributed by atoms with E-state index in [1.165, 1.54) is 24.3 Å². The van der Waals surface area contributed by atoms with Gasteiger partial charge in [-0.05, 0) is 19.1 Å². The third-order valence-corrected chi connectivity index (χ3v) is 1.64. The number of rotatable bonds is 3. The molecule has 0 bridgehead atoms. The lowest BCUT2D eigenvalue weighted by molar-refractivity contribution is -0.384. The monoisotopic (exact) mass is 206 g/mol. The molecule has 1 amide bonds. The molecule has 0 heterocycles. The van der Waals surface area contributed by atoms with Crippen LogP contribution >= 0.6 is 0 Å². The summed E-state index contributed by atoms with van der Waals surface area (Å²) in [6.45, 7) is 1.72. The minimum absolute atomic E-state index is 0.0479. The molecule has 0 aliphatic carbocycles. The van der Waals surface area contributed by atoms with E-state index in [1.54, 1.807) is 19.1 Å². The van der Waals surface area contributed by atoms with Gasteiger partial charge in [0.25, 0.3) is 5.69 Å². The Morgan fingerprint density at radius 2 is 2.27 bits per heavy atom. The van der Waals surface area contributed by atoms with Crippen molar-refractivity contribution < 1.29 is 9.72 Å². The van der Waals surface area contributed by atoms with Crippen LogP contribution in [0.15, 0.2) is 36.4 Å². The number of nitro benzene ring substituents is 1. The lowest BCUT2D eigenvalue weighted by atomic mass is 10.3. The quantitative estimate of drug-likeness (QED) is 0.467. The van der Waals surface area contributed by atoms with E-state index in [4.69, 9.17) is 0 Å². The van der Waals surface area contributed by atoms with Crippen LogP contribution in [0.3, 0.4) is 0 Å². The van der Waals surface area contributed by atoms with E-state index in [2.05, 4.69) is 5.32 Å². The number of carbonyl (C=O) groups is 1. The van der Waals surface area contributed by atoms with E-state index >= 15 is 0 Å². The van der Waals surface area contributed by atoms with Crippen molar-refractivity contribution in [1.29, 1.82) is 0 Å². The van der Waals surface area contributed by atoms with E-state index in [-0.39, 0.29) is 11.6 Å². The molecule has 15 heavy (non-hydrogen) atoms. The minimum atomic E-state index is -0.509. The summed E-state index contributed by atoms with van der Waals surface area (Å²) < 4.78 is 0. The number of carbonyl (C=O) groups excluding carboxylic acids is 1. The molecule has 1 rings (SSSR count). The van der Waals surface area contributed by atoms with Gasteiger partial charge in [-0.2, -0.15) is 0 Å². The molecular formula is C10H10N2O3. The second kappa shape index (κ2) is 4.90. The second-order valence-corrected chi connectivity index (χ2v) is 2.80. The number of nitrogens with one attached hydrogen (secondary N) is 1. The number of hydrogen-bond donors (Lipinski definition) is 1. The fraction of sp³-hybridized carbons (Fsp3) is 0.100. The smallest absolute Gasteiger partial charge is 0.271 e. The fourth-order valence-corrected chi connectivity index (χ4v) is 1.03. The molecule has 0 unspecified atom stereocenters.